The maximum atomic E-state index is 12.3. The Hall–Kier alpha value is -2.89. The van der Waals surface area contributed by atoms with E-state index in [9.17, 15) is 4.79 Å². The average molecular weight is 307 g/mol. The van der Waals surface area contributed by atoms with Crippen LogP contribution in [0.1, 0.15) is 19.3 Å². The third kappa shape index (κ3) is 2.63. The largest absolute Gasteiger partial charge is 0.353 e. The van der Waals surface area contributed by atoms with E-state index in [0.717, 1.165) is 24.9 Å². The summed E-state index contributed by atoms with van der Waals surface area (Å²) >= 11 is 0. The lowest BCUT2D eigenvalue weighted by Crippen LogP contribution is -2.24. The first-order valence-corrected chi connectivity index (χ1v) is 7.76. The van der Waals surface area contributed by atoms with Crippen molar-refractivity contribution in [2.75, 3.05) is 5.32 Å². The van der Waals surface area contributed by atoms with Gasteiger partial charge in [0.05, 0.1) is 11.9 Å². The van der Waals surface area contributed by atoms with Crippen LogP contribution in [0.5, 0.6) is 0 Å². The summed E-state index contributed by atoms with van der Waals surface area (Å²) in [7, 11) is 0. The summed E-state index contributed by atoms with van der Waals surface area (Å²) in [4.78, 5) is 19.7. The number of benzene rings is 1. The molecule has 0 bridgehead atoms. The highest BCUT2D eigenvalue weighted by molar-refractivity contribution is 5.76. The van der Waals surface area contributed by atoms with Crippen LogP contribution in [0.4, 0.5) is 5.95 Å². The lowest BCUT2D eigenvalue weighted by molar-refractivity contribution is 0.639. The highest BCUT2D eigenvalue weighted by Gasteiger charge is 2.14. The zero-order chi connectivity index (χ0) is 15.6. The molecular weight excluding hydrogens is 290 g/mol. The third-order valence-corrected chi connectivity index (χ3v) is 4.05. The van der Waals surface area contributed by atoms with E-state index in [1.54, 1.807) is 10.9 Å². The lowest BCUT2D eigenvalue weighted by atomic mass is 10.0. The maximum Gasteiger partial charge on any atom is 0.263 e. The number of nitrogens with zero attached hydrogens (tertiary/aromatic N) is 3. The van der Waals surface area contributed by atoms with Crippen LogP contribution in [-0.2, 0) is 0 Å². The quantitative estimate of drug-likeness (QED) is 0.729. The van der Waals surface area contributed by atoms with Gasteiger partial charge in [-0.3, -0.25) is 9.78 Å². The van der Waals surface area contributed by atoms with Crippen molar-refractivity contribution in [3.05, 3.63) is 59.0 Å². The van der Waals surface area contributed by atoms with Crippen molar-refractivity contribution in [1.82, 2.24) is 19.7 Å². The van der Waals surface area contributed by atoms with Crippen molar-refractivity contribution in [2.24, 2.45) is 0 Å². The number of fused-ring (bicyclic) bond motifs is 1. The van der Waals surface area contributed by atoms with Gasteiger partial charge in [0.1, 0.15) is 5.39 Å². The Balaban J connectivity index is 1.76. The van der Waals surface area contributed by atoms with Crippen LogP contribution >= 0.6 is 0 Å². The molecule has 0 amide bonds. The molecule has 4 rings (SSSR count). The van der Waals surface area contributed by atoms with Gasteiger partial charge in [0, 0.05) is 6.04 Å². The molecule has 116 valence electrons. The number of rotatable bonds is 3. The van der Waals surface area contributed by atoms with E-state index >= 15 is 0 Å². The smallest absolute Gasteiger partial charge is 0.263 e. The minimum atomic E-state index is -0.175. The second-order valence-electron chi connectivity index (χ2n) is 5.67. The SMILES string of the molecule is O=c1[nH]c(N[C@@H]2CC=CCC2)nc2c1cnn2-c1ccccc1. The first-order valence-electron chi connectivity index (χ1n) is 7.76. The van der Waals surface area contributed by atoms with Crippen LogP contribution in [0.15, 0.2) is 53.5 Å². The zero-order valence-corrected chi connectivity index (χ0v) is 12.6. The van der Waals surface area contributed by atoms with Gasteiger partial charge in [-0.15, -0.1) is 0 Å². The molecule has 0 unspecified atom stereocenters. The van der Waals surface area contributed by atoms with E-state index in [1.165, 1.54) is 0 Å². The van der Waals surface area contributed by atoms with Crippen LogP contribution in [0.25, 0.3) is 16.7 Å². The van der Waals surface area contributed by atoms with Gasteiger partial charge in [-0.1, -0.05) is 30.4 Å². The lowest BCUT2D eigenvalue weighted by Gasteiger charge is -2.19. The highest BCUT2D eigenvalue weighted by Crippen LogP contribution is 2.17. The Kier molecular flexibility index (Phi) is 3.42. The molecule has 23 heavy (non-hydrogen) atoms. The molecule has 1 aliphatic carbocycles. The Labute approximate surface area is 132 Å². The molecule has 6 nitrogen and oxygen atoms in total. The van der Waals surface area contributed by atoms with Crippen LogP contribution in [0, 0.1) is 0 Å². The Morgan fingerprint density at radius 1 is 1.22 bits per heavy atom. The van der Waals surface area contributed by atoms with Crippen molar-refractivity contribution in [2.45, 2.75) is 25.3 Å². The topological polar surface area (TPSA) is 75.6 Å². The van der Waals surface area contributed by atoms with Gasteiger partial charge in [0.25, 0.3) is 5.56 Å². The second-order valence-corrected chi connectivity index (χ2v) is 5.67. The fraction of sp³-hybridized carbons (Fsp3) is 0.235. The minimum Gasteiger partial charge on any atom is -0.353 e. The number of hydrogen-bond acceptors (Lipinski definition) is 4. The van der Waals surface area contributed by atoms with Gasteiger partial charge in [-0.05, 0) is 31.4 Å². The van der Waals surface area contributed by atoms with Gasteiger partial charge in [0.15, 0.2) is 5.65 Å². The number of nitrogens with one attached hydrogen (secondary N) is 2. The van der Waals surface area contributed by atoms with Crippen molar-refractivity contribution >= 4 is 17.0 Å². The van der Waals surface area contributed by atoms with Crippen molar-refractivity contribution < 1.29 is 0 Å². The average Bonchev–Trinajstić information content (AvgIpc) is 3.01. The molecule has 1 atom stereocenters. The summed E-state index contributed by atoms with van der Waals surface area (Å²) in [5, 5.41) is 8.12. The minimum absolute atomic E-state index is 0.175. The summed E-state index contributed by atoms with van der Waals surface area (Å²) in [5.41, 5.74) is 1.27. The molecule has 0 spiro atoms. The second kappa shape index (κ2) is 5.72. The fourth-order valence-electron chi connectivity index (χ4n) is 2.86. The van der Waals surface area contributed by atoms with Crippen molar-refractivity contribution in [1.29, 1.82) is 0 Å². The standard InChI is InChI=1S/C17H17N5O/c23-16-14-11-18-22(13-9-5-2-6-10-13)15(14)20-17(21-16)19-12-7-3-1-4-8-12/h1-3,5-6,9-12H,4,7-8H2,(H2,19,20,21,23)/t12-/m1/s1. The number of aromatic amines is 1. The Morgan fingerprint density at radius 3 is 2.87 bits per heavy atom. The van der Waals surface area contributed by atoms with E-state index in [2.05, 4.69) is 32.5 Å². The molecule has 0 aliphatic heterocycles. The van der Waals surface area contributed by atoms with Gasteiger partial charge in [-0.2, -0.15) is 10.1 Å². The Bertz CT molecular complexity index is 910. The fourth-order valence-corrected chi connectivity index (χ4v) is 2.86. The number of H-pyrrole nitrogens is 1. The predicted molar refractivity (Wildman–Crippen MR) is 89.9 cm³/mol. The molecule has 2 N–H and O–H groups in total. The van der Waals surface area contributed by atoms with E-state index in [1.807, 2.05) is 30.3 Å². The molecular formula is C17H17N5O. The molecule has 6 heteroatoms. The number of hydrogen-bond donors (Lipinski definition) is 2. The summed E-state index contributed by atoms with van der Waals surface area (Å²) < 4.78 is 1.69. The molecule has 0 saturated carbocycles. The maximum absolute atomic E-state index is 12.3. The van der Waals surface area contributed by atoms with Gasteiger partial charge < -0.3 is 5.32 Å². The van der Waals surface area contributed by atoms with E-state index < -0.39 is 0 Å². The molecule has 3 aromatic rings. The van der Waals surface area contributed by atoms with Crippen molar-refractivity contribution in [3.63, 3.8) is 0 Å². The van der Waals surface area contributed by atoms with E-state index in [0.29, 0.717) is 23.0 Å². The van der Waals surface area contributed by atoms with Gasteiger partial charge in [0.2, 0.25) is 5.95 Å². The predicted octanol–water partition coefficient (Wildman–Crippen LogP) is 2.63. The molecule has 1 aliphatic rings. The van der Waals surface area contributed by atoms with Crippen LogP contribution in [0.3, 0.4) is 0 Å². The van der Waals surface area contributed by atoms with Crippen molar-refractivity contribution in [3.8, 4) is 5.69 Å². The van der Waals surface area contributed by atoms with Crippen LogP contribution in [-0.4, -0.2) is 25.8 Å². The third-order valence-electron chi connectivity index (χ3n) is 4.05. The zero-order valence-electron chi connectivity index (χ0n) is 12.6. The summed E-state index contributed by atoms with van der Waals surface area (Å²) in [6.45, 7) is 0. The molecule has 0 radical (unpaired) electrons. The summed E-state index contributed by atoms with van der Waals surface area (Å²) in [5.74, 6) is 0.500. The molecule has 1 aromatic carbocycles. The molecule has 0 saturated heterocycles. The van der Waals surface area contributed by atoms with Crippen LogP contribution in [0.2, 0.25) is 0 Å². The highest BCUT2D eigenvalue weighted by atomic mass is 16.1. The number of aromatic nitrogens is 4. The number of para-hydroxylation sites is 1. The number of allylic oxidation sites excluding steroid dienone is 1. The van der Waals surface area contributed by atoms with Gasteiger partial charge >= 0.3 is 0 Å². The first-order chi connectivity index (χ1) is 11.3. The Morgan fingerprint density at radius 2 is 2.09 bits per heavy atom. The number of anilines is 1. The van der Waals surface area contributed by atoms with Crippen LogP contribution < -0.4 is 10.9 Å². The molecule has 2 heterocycles. The van der Waals surface area contributed by atoms with E-state index in [-0.39, 0.29) is 5.56 Å². The molecule has 2 aromatic heterocycles. The van der Waals surface area contributed by atoms with Gasteiger partial charge in [-0.25, -0.2) is 4.68 Å². The summed E-state index contributed by atoms with van der Waals surface area (Å²) in [6, 6.07) is 9.99. The normalized spacial score (nSPS) is 17.5. The summed E-state index contributed by atoms with van der Waals surface area (Å²) in [6.07, 6.45) is 8.93. The monoisotopic (exact) mass is 307 g/mol. The first kappa shape index (κ1) is 13.8. The van der Waals surface area contributed by atoms with E-state index in [4.69, 9.17) is 0 Å². The molecule has 0 fully saturated rings.